The zero-order chi connectivity index (χ0) is 14.1. The van der Waals surface area contributed by atoms with Crippen LogP contribution in [0.2, 0.25) is 0 Å². The van der Waals surface area contributed by atoms with Crippen molar-refractivity contribution in [1.82, 2.24) is 4.90 Å². The minimum Gasteiger partial charge on any atom is -0.493 e. The highest BCUT2D eigenvalue weighted by Crippen LogP contribution is 2.27. The minimum atomic E-state index is 0.794. The van der Waals surface area contributed by atoms with E-state index in [1.54, 1.807) is 14.2 Å². The lowest BCUT2D eigenvalue weighted by molar-refractivity contribution is 0.328. The summed E-state index contributed by atoms with van der Waals surface area (Å²) in [6.45, 7) is 4.50. The van der Waals surface area contributed by atoms with Gasteiger partial charge in [-0.25, -0.2) is 0 Å². The van der Waals surface area contributed by atoms with Crippen LogP contribution in [-0.4, -0.2) is 39.3 Å². The van der Waals surface area contributed by atoms with Gasteiger partial charge in [0.25, 0.3) is 0 Å². The summed E-state index contributed by atoms with van der Waals surface area (Å²) in [5.74, 6) is 1.61. The summed E-state index contributed by atoms with van der Waals surface area (Å²) in [5.41, 5.74) is 1.29. The molecular weight excluding hydrogens is 238 g/mol. The van der Waals surface area contributed by atoms with E-state index in [-0.39, 0.29) is 0 Å². The molecule has 108 valence electrons. The second-order valence-corrected chi connectivity index (χ2v) is 4.95. The van der Waals surface area contributed by atoms with Crippen LogP contribution in [0.1, 0.15) is 31.7 Å². The van der Waals surface area contributed by atoms with Gasteiger partial charge >= 0.3 is 0 Å². The van der Waals surface area contributed by atoms with Crippen molar-refractivity contribution in [3.8, 4) is 11.5 Å². The standard InChI is InChI=1S/C16H27NO2/c1-5-6-7-11-17(2)12-10-14-8-9-15(18-3)16(13-14)19-4/h8-9,13H,5-7,10-12H2,1-4H3. The van der Waals surface area contributed by atoms with Crippen LogP contribution in [0.3, 0.4) is 0 Å². The molecule has 0 spiro atoms. The fourth-order valence-electron chi connectivity index (χ4n) is 2.10. The van der Waals surface area contributed by atoms with Gasteiger partial charge in [-0.3, -0.25) is 0 Å². The lowest BCUT2D eigenvalue weighted by Gasteiger charge is -2.16. The minimum absolute atomic E-state index is 0.794. The molecule has 0 heterocycles. The highest BCUT2D eigenvalue weighted by Gasteiger charge is 2.05. The van der Waals surface area contributed by atoms with Gasteiger partial charge < -0.3 is 14.4 Å². The van der Waals surface area contributed by atoms with Crippen LogP contribution in [0.5, 0.6) is 11.5 Å². The Morgan fingerprint density at radius 1 is 1.00 bits per heavy atom. The molecule has 1 aromatic carbocycles. The molecule has 1 aromatic rings. The molecule has 0 bridgehead atoms. The van der Waals surface area contributed by atoms with E-state index in [0.717, 1.165) is 24.5 Å². The fraction of sp³-hybridized carbons (Fsp3) is 0.625. The van der Waals surface area contributed by atoms with Crippen molar-refractivity contribution < 1.29 is 9.47 Å². The van der Waals surface area contributed by atoms with E-state index in [9.17, 15) is 0 Å². The molecule has 0 aliphatic heterocycles. The monoisotopic (exact) mass is 265 g/mol. The number of likely N-dealkylation sites (N-methyl/N-ethyl adjacent to an activating group) is 1. The van der Waals surface area contributed by atoms with Crippen molar-refractivity contribution in [2.24, 2.45) is 0 Å². The maximum absolute atomic E-state index is 5.32. The number of rotatable bonds is 9. The average Bonchev–Trinajstić information content (AvgIpc) is 2.45. The van der Waals surface area contributed by atoms with Crippen LogP contribution in [0.25, 0.3) is 0 Å². The number of hydrogen-bond acceptors (Lipinski definition) is 3. The second-order valence-electron chi connectivity index (χ2n) is 4.95. The summed E-state index contributed by atoms with van der Waals surface area (Å²) in [5, 5.41) is 0. The van der Waals surface area contributed by atoms with Gasteiger partial charge in [-0.2, -0.15) is 0 Å². The number of ether oxygens (including phenoxy) is 2. The Labute approximate surface area is 117 Å². The first-order valence-electron chi connectivity index (χ1n) is 7.10. The molecule has 1 rings (SSSR count). The molecule has 0 saturated heterocycles. The molecule has 0 radical (unpaired) electrons. The Hall–Kier alpha value is -1.22. The van der Waals surface area contributed by atoms with Gasteiger partial charge in [0, 0.05) is 6.54 Å². The average molecular weight is 265 g/mol. The topological polar surface area (TPSA) is 21.7 Å². The van der Waals surface area contributed by atoms with Crippen LogP contribution in [0.4, 0.5) is 0 Å². The number of benzene rings is 1. The molecule has 0 aliphatic carbocycles. The zero-order valence-corrected chi connectivity index (χ0v) is 12.7. The van der Waals surface area contributed by atoms with Gasteiger partial charge in [0.15, 0.2) is 11.5 Å². The Morgan fingerprint density at radius 3 is 2.37 bits per heavy atom. The molecular formula is C16H27NO2. The molecule has 0 fully saturated rings. The Kier molecular flexibility index (Phi) is 7.34. The number of methoxy groups -OCH3 is 2. The maximum Gasteiger partial charge on any atom is 0.160 e. The second kappa shape index (κ2) is 8.81. The van der Waals surface area contributed by atoms with Crippen LogP contribution >= 0.6 is 0 Å². The van der Waals surface area contributed by atoms with E-state index in [1.807, 2.05) is 6.07 Å². The predicted octanol–water partition coefficient (Wildman–Crippen LogP) is 3.37. The lowest BCUT2D eigenvalue weighted by atomic mass is 10.1. The Balaban J connectivity index is 2.44. The third-order valence-electron chi connectivity index (χ3n) is 3.37. The summed E-state index contributed by atoms with van der Waals surface area (Å²) in [6.07, 6.45) is 4.94. The van der Waals surface area contributed by atoms with Crippen molar-refractivity contribution >= 4 is 0 Å². The van der Waals surface area contributed by atoms with E-state index in [0.29, 0.717) is 0 Å². The fourth-order valence-corrected chi connectivity index (χ4v) is 2.10. The van der Waals surface area contributed by atoms with Crippen LogP contribution in [0.15, 0.2) is 18.2 Å². The molecule has 0 atom stereocenters. The summed E-state index contributed by atoms with van der Waals surface area (Å²) in [7, 11) is 5.54. The molecule has 0 unspecified atom stereocenters. The van der Waals surface area contributed by atoms with E-state index in [4.69, 9.17) is 9.47 Å². The Bertz CT molecular complexity index is 366. The summed E-state index contributed by atoms with van der Waals surface area (Å²) in [4.78, 5) is 2.40. The van der Waals surface area contributed by atoms with E-state index < -0.39 is 0 Å². The maximum atomic E-state index is 5.32. The highest BCUT2D eigenvalue weighted by molar-refractivity contribution is 5.42. The number of unbranched alkanes of at least 4 members (excludes halogenated alkanes) is 2. The van der Waals surface area contributed by atoms with Crippen molar-refractivity contribution in [1.29, 1.82) is 0 Å². The van der Waals surface area contributed by atoms with Crippen molar-refractivity contribution in [2.45, 2.75) is 32.6 Å². The van der Waals surface area contributed by atoms with Gasteiger partial charge in [0.05, 0.1) is 14.2 Å². The molecule has 0 N–H and O–H groups in total. The normalized spacial score (nSPS) is 10.8. The van der Waals surface area contributed by atoms with Crippen molar-refractivity contribution in [3.63, 3.8) is 0 Å². The van der Waals surface area contributed by atoms with Crippen molar-refractivity contribution in [2.75, 3.05) is 34.4 Å². The SMILES string of the molecule is CCCCCN(C)CCc1ccc(OC)c(OC)c1. The first-order chi connectivity index (χ1) is 9.21. The Morgan fingerprint density at radius 2 is 1.74 bits per heavy atom. The summed E-state index contributed by atoms with van der Waals surface area (Å²) in [6, 6.07) is 6.16. The predicted molar refractivity (Wildman–Crippen MR) is 80.3 cm³/mol. The van der Waals surface area contributed by atoms with E-state index in [1.165, 1.54) is 31.4 Å². The summed E-state index contributed by atoms with van der Waals surface area (Å²) < 4.78 is 10.6. The van der Waals surface area contributed by atoms with Gasteiger partial charge in [-0.05, 0) is 44.1 Å². The lowest BCUT2D eigenvalue weighted by Crippen LogP contribution is -2.22. The quantitative estimate of drug-likeness (QED) is 0.639. The highest BCUT2D eigenvalue weighted by atomic mass is 16.5. The molecule has 0 saturated carbocycles. The molecule has 0 amide bonds. The molecule has 0 aliphatic rings. The van der Waals surface area contributed by atoms with Crippen LogP contribution < -0.4 is 9.47 Å². The van der Waals surface area contributed by atoms with Crippen LogP contribution in [-0.2, 0) is 6.42 Å². The molecule has 3 heteroatoms. The molecule has 3 nitrogen and oxygen atoms in total. The number of nitrogens with zero attached hydrogens (tertiary/aromatic N) is 1. The van der Waals surface area contributed by atoms with E-state index in [2.05, 4.69) is 31.0 Å². The number of hydrogen-bond donors (Lipinski definition) is 0. The molecule has 0 aromatic heterocycles. The first kappa shape index (κ1) is 15.8. The van der Waals surface area contributed by atoms with Gasteiger partial charge in [0.1, 0.15) is 0 Å². The van der Waals surface area contributed by atoms with Crippen LogP contribution in [0, 0.1) is 0 Å². The largest absolute Gasteiger partial charge is 0.493 e. The van der Waals surface area contributed by atoms with Gasteiger partial charge in [-0.15, -0.1) is 0 Å². The van der Waals surface area contributed by atoms with Gasteiger partial charge in [0.2, 0.25) is 0 Å². The smallest absolute Gasteiger partial charge is 0.160 e. The summed E-state index contributed by atoms with van der Waals surface area (Å²) >= 11 is 0. The van der Waals surface area contributed by atoms with Gasteiger partial charge in [-0.1, -0.05) is 25.8 Å². The third kappa shape index (κ3) is 5.52. The first-order valence-corrected chi connectivity index (χ1v) is 7.10. The van der Waals surface area contributed by atoms with E-state index >= 15 is 0 Å². The van der Waals surface area contributed by atoms with Crippen molar-refractivity contribution in [3.05, 3.63) is 23.8 Å². The molecule has 19 heavy (non-hydrogen) atoms. The third-order valence-corrected chi connectivity index (χ3v) is 3.37. The zero-order valence-electron chi connectivity index (χ0n) is 12.7.